The van der Waals surface area contributed by atoms with Gasteiger partial charge in [-0.2, -0.15) is 0 Å². The van der Waals surface area contributed by atoms with Crippen LogP contribution in [0.25, 0.3) is 0 Å². The number of aromatic nitrogens is 1. The van der Waals surface area contributed by atoms with Crippen molar-refractivity contribution in [1.82, 2.24) is 9.88 Å². The molecule has 2 rings (SSSR count). The van der Waals surface area contributed by atoms with Crippen LogP contribution >= 0.6 is 0 Å². The number of rotatable bonds is 6. The van der Waals surface area contributed by atoms with E-state index in [1.165, 1.54) is 11.1 Å². The van der Waals surface area contributed by atoms with E-state index in [1.807, 2.05) is 30.6 Å². The van der Waals surface area contributed by atoms with Crippen LogP contribution in [0.4, 0.5) is 0 Å². The fourth-order valence-electron chi connectivity index (χ4n) is 2.26. The molecule has 1 heterocycles. The molecule has 0 aliphatic rings. The van der Waals surface area contributed by atoms with Gasteiger partial charge in [0.1, 0.15) is 5.75 Å². The highest BCUT2D eigenvalue weighted by Crippen LogP contribution is 2.20. The molecular formula is C16H21N3O. The van der Waals surface area contributed by atoms with E-state index >= 15 is 0 Å². The van der Waals surface area contributed by atoms with E-state index in [9.17, 15) is 0 Å². The van der Waals surface area contributed by atoms with Crippen LogP contribution in [0.1, 0.15) is 16.7 Å². The summed E-state index contributed by atoms with van der Waals surface area (Å²) < 4.78 is 5.29. The third kappa shape index (κ3) is 3.79. The van der Waals surface area contributed by atoms with E-state index in [1.54, 1.807) is 7.11 Å². The summed E-state index contributed by atoms with van der Waals surface area (Å²) in [6.07, 6.45) is 3.65. The normalized spacial score (nSPS) is 10.8. The first-order valence-electron chi connectivity index (χ1n) is 6.66. The Morgan fingerprint density at radius 2 is 1.80 bits per heavy atom. The Morgan fingerprint density at radius 3 is 2.45 bits per heavy atom. The zero-order chi connectivity index (χ0) is 14.4. The topological polar surface area (TPSA) is 51.4 Å². The molecule has 4 heteroatoms. The van der Waals surface area contributed by atoms with Gasteiger partial charge >= 0.3 is 0 Å². The Bertz CT molecular complexity index is 543. The molecule has 106 valence electrons. The number of methoxy groups -OCH3 is 1. The summed E-state index contributed by atoms with van der Waals surface area (Å²) in [7, 11) is 3.77. The molecule has 0 saturated heterocycles. The molecule has 2 aromatic rings. The Morgan fingerprint density at radius 1 is 1.10 bits per heavy atom. The minimum Gasteiger partial charge on any atom is -0.496 e. The molecule has 0 bridgehead atoms. The predicted octanol–water partition coefficient (Wildman–Crippen LogP) is 2.18. The fraction of sp³-hybridized carbons (Fsp3) is 0.312. The van der Waals surface area contributed by atoms with Gasteiger partial charge in [0.05, 0.1) is 7.11 Å². The molecule has 2 N–H and O–H groups in total. The zero-order valence-electron chi connectivity index (χ0n) is 12.0. The van der Waals surface area contributed by atoms with Crippen LogP contribution in [0.3, 0.4) is 0 Å². The lowest BCUT2D eigenvalue weighted by atomic mass is 10.1. The third-order valence-electron chi connectivity index (χ3n) is 3.22. The summed E-state index contributed by atoms with van der Waals surface area (Å²) >= 11 is 0. The Labute approximate surface area is 120 Å². The molecular weight excluding hydrogens is 250 g/mol. The van der Waals surface area contributed by atoms with Crippen LogP contribution in [0.15, 0.2) is 42.7 Å². The van der Waals surface area contributed by atoms with E-state index in [0.717, 1.165) is 24.4 Å². The summed E-state index contributed by atoms with van der Waals surface area (Å²) in [5.74, 6) is 0.855. The monoisotopic (exact) mass is 271 g/mol. The molecule has 1 aromatic carbocycles. The van der Waals surface area contributed by atoms with Crippen molar-refractivity contribution in [2.24, 2.45) is 5.73 Å². The van der Waals surface area contributed by atoms with Crippen molar-refractivity contribution < 1.29 is 4.74 Å². The van der Waals surface area contributed by atoms with E-state index in [2.05, 4.69) is 29.1 Å². The molecule has 0 saturated carbocycles. The fourth-order valence-corrected chi connectivity index (χ4v) is 2.26. The molecule has 0 radical (unpaired) electrons. The average Bonchev–Trinajstić information content (AvgIpc) is 2.48. The van der Waals surface area contributed by atoms with Gasteiger partial charge in [-0.15, -0.1) is 0 Å². The van der Waals surface area contributed by atoms with Gasteiger partial charge in [0, 0.05) is 37.6 Å². The van der Waals surface area contributed by atoms with Gasteiger partial charge in [-0.05, 0) is 42.4 Å². The van der Waals surface area contributed by atoms with Gasteiger partial charge in [-0.3, -0.25) is 9.88 Å². The Hall–Kier alpha value is -1.91. The molecule has 0 fully saturated rings. The summed E-state index contributed by atoms with van der Waals surface area (Å²) in [5.41, 5.74) is 9.29. The van der Waals surface area contributed by atoms with Gasteiger partial charge in [0.2, 0.25) is 0 Å². The first kappa shape index (κ1) is 14.5. The highest BCUT2D eigenvalue weighted by Gasteiger charge is 2.06. The van der Waals surface area contributed by atoms with Crippen LogP contribution in [0.5, 0.6) is 5.75 Å². The predicted molar refractivity (Wildman–Crippen MR) is 80.3 cm³/mol. The maximum Gasteiger partial charge on any atom is 0.123 e. The SMILES string of the molecule is COc1ccc(CN(C)Cc2ccncc2)cc1CN. The Kier molecular flexibility index (Phi) is 5.09. The number of ether oxygens (including phenoxy) is 1. The molecule has 0 aliphatic heterocycles. The van der Waals surface area contributed by atoms with Crippen LogP contribution < -0.4 is 10.5 Å². The third-order valence-corrected chi connectivity index (χ3v) is 3.22. The lowest BCUT2D eigenvalue weighted by molar-refractivity contribution is 0.318. The second-order valence-corrected chi connectivity index (χ2v) is 4.88. The smallest absolute Gasteiger partial charge is 0.123 e. The lowest BCUT2D eigenvalue weighted by Crippen LogP contribution is -2.17. The lowest BCUT2D eigenvalue weighted by Gasteiger charge is -2.18. The van der Waals surface area contributed by atoms with Crippen LogP contribution in [-0.2, 0) is 19.6 Å². The minimum absolute atomic E-state index is 0.491. The van der Waals surface area contributed by atoms with Crippen molar-refractivity contribution in [2.45, 2.75) is 19.6 Å². The van der Waals surface area contributed by atoms with E-state index in [-0.39, 0.29) is 0 Å². The highest BCUT2D eigenvalue weighted by molar-refractivity contribution is 5.37. The summed E-state index contributed by atoms with van der Waals surface area (Å²) in [5, 5.41) is 0. The first-order chi connectivity index (χ1) is 9.72. The van der Waals surface area contributed by atoms with Crippen LogP contribution in [0.2, 0.25) is 0 Å². The van der Waals surface area contributed by atoms with Crippen LogP contribution in [-0.4, -0.2) is 24.0 Å². The molecule has 0 unspecified atom stereocenters. The first-order valence-corrected chi connectivity index (χ1v) is 6.66. The van der Waals surface area contributed by atoms with E-state index in [0.29, 0.717) is 6.54 Å². The number of hydrogen-bond donors (Lipinski definition) is 1. The number of nitrogens with two attached hydrogens (primary N) is 1. The quantitative estimate of drug-likeness (QED) is 0.875. The van der Waals surface area contributed by atoms with Gasteiger partial charge < -0.3 is 10.5 Å². The highest BCUT2D eigenvalue weighted by atomic mass is 16.5. The number of nitrogens with zero attached hydrogens (tertiary/aromatic N) is 2. The number of benzene rings is 1. The van der Waals surface area contributed by atoms with Crippen molar-refractivity contribution >= 4 is 0 Å². The maximum atomic E-state index is 5.75. The molecule has 1 aromatic heterocycles. The van der Waals surface area contributed by atoms with Crippen molar-refractivity contribution in [1.29, 1.82) is 0 Å². The molecule has 0 atom stereocenters. The number of hydrogen-bond acceptors (Lipinski definition) is 4. The van der Waals surface area contributed by atoms with Gasteiger partial charge in [-0.25, -0.2) is 0 Å². The molecule has 0 spiro atoms. The van der Waals surface area contributed by atoms with Gasteiger partial charge in [-0.1, -0.05) is 6.07 Å². The van der Waals surface area contributed by atoms with Crippen molar-refractivity contribution in [3.63, 3.8) is 0 Å². The second kappa shape index (κ2) is 7.03. The van der Waals surface area contributed by atoms with Gasteiger partial charge in [0.25, 0.3) is 0 Å². The maximum absolute atomic E-state index is 5.75. The van der Waals surface area contributed by atoms with Crippen molar-refractivity contribution in [2.75, 3.05) is 14.2 Å². The molecule has 0 aliphatic carbocycles. The van der Waals surface area contributed by atoms with Crippen molar-refractivity contribution in [3.05, 3.63) is 59.4 Å². The van der Waals surface area contributed by atoms with E-state index < -0.39 is 0 Å². The largest absolute Gasteiger partial charge is 0.496 e. The van der Waals surface area contributed by atoms with E-state index in [4.69, 9.17) is 10.5 Å². The molecule has 20 heavy (non-hydrogen) atoms. The van der Waals surface area contributed by atoms with Gasteiger partial charge in [0.15, 0.2) is 0 Å². The average molecular weight is 271 g/mol. The second-order valence-electron chi connectivity index (χ2n) is 4.88. The summed E-state index contributed by atoms with van der Waals surface area (Å²) in [6, 6.07) is 10.3. The number of pyridine rings is 1. The summed E-state index contributed by atoms with van der Waals surface area (Å²) in [4.78, 5) is 6.29. The summed E-state index contributed by atoms with van der Waals surface area (Å²) in [6.45, 7) is 2.26. The Balaban J connectivity index is 2.02. The molecule has 0 amide bonds. The van der Waals surface area contributed by atoms with Crippen molar-refractivity contribution in [3.8, 4) is 5.75 Å². The van der Waals surface area contributed by atoms with Crippen LogP contribution in [0, 0.1) is 0 Å². The minimum atomic E-state index is 0.491. The standard InChI is InChI=1S/C16H21N3O/c1-19(11-13-5-7-18-8-6-13)12-14-3-4-16(20-2)15(9-14)10-17/h3-9H,10-12,17H2,1-2H3. The zero-order valence-corrected chi connectivity index (χ0v) is 12.0. The molecule has 4 nitrogen and oxygen atoms in total.